The Hall–Kier alpha value is -4.49. The number of esters is 1. The van der Waals surface area contributed by atoms with Gasteiger partial charge >= 0.3 is 5.97 Å². The van der Waals surface area contributed by atoms with Crippen molar-refractivity contribution in [3.8, 4) is 6.07 Å². The van der Waals surface area contributed by atoms with Crippen LogP contribution in [0, 0.1) is 17.1 Å². The van der Waals surface area contributed by atoms with Gasteiger partial charge in [-0.1, -0.05) is 42.5 Å². The molecule has 1 atom stereocenters. The summed E-state index contributed by atoms with van der Waals surface area (Å²) in [6.45, 7) is 0.192. The minimum atomic E-state index is -0.958. The summed E-state index contributed by atoms with van der Waals surface area (Å²) in [5, 5.41) is 12.8. The number of fused-ring (bicyclic) bond motifs is 1. The van der Waals surface area contributed by atoms with Crippen molar-refractivity contribution >= 4 is 40.7 Å². The van der Waals surface area contributed by atoms with Gasteiger partial charge in [0.05, 0.1) is 30.2 Å². The summed E-state index contributed by atoms with van der Waals surface area (Å²) in [6.07, 6.45) is 1.00. The number of methoxy groups -OCH3 is 1. The van der Waals surface area contributed by atoms with Crippen molar-refractivity contribution < 1.29 is 18.7 Å². The number of benzene rings is 2. The highest BCUT2D eigenvalue weighted by atomic mass is 32.1. The van der Waals surface area contributed by atoms with E-state index in [0.717, 1.165) is 27.5 Å². The molecule has 0 bridgehead atoms. The van der Waals surface area contributed by atoms with Crippen molar-refractivity contribution in [2.75, 3.05) is 7.11 Å². The van der Waals surface area contributed by atoms with Gasteiger partial charge in [0.2, 0.25) is 0 Å². The molecule has 0 saturated heterocycles. The van der Waals surface area contributed by atoms with Crippen molar-refractivity contribution in [1.29, 1.82) is 5.26 Å². The Morgan fingerprint density at radius 3 is 2.54 bits per heavy atom. The summed E-state index contributed by atoms with van der Waals surface area (Å²) >= 11 is 0.880. The van der Waals surface area contributed by atoms with E-state index in [-0.39, 0.29) is 32.7 Å². The van der Waals surface area contributed by atoms with Crippen LogP contribution in [0.3, 0.4) is 0 Å². The van der Waals surface area contributed by atoms with Gasteiger partial charge in [-0.2, -0.15) is 5.26 Å². The number of hydrogen-bond acceptors (Lipinski definition) is 7. The van der Waals surface area contributed by atoms with Crippen molar-refractivity contribution in [3.05, 3.63) is 96.7 Å². The molecule has 4 rings (SSSR count). The smallest absolute Gasteiger partial charge is 0.332 e. The molecular weight excluding hydrogens is 471 g/mol. The fourth-order valence-corrected chi connectivity index (χ4v) is 4.93. The number of aromatic nitrogens is 1. The molecule has 2 aromatic carbocycles. The van der Waals surface area contributed by atoms with Crippen LogP contribution < -0.4 is 25.8 Å². The van der Waals surface area contributed by atoms with Crippen molar-refractivity contribution in [1.82, 2.24) is 9.88 Å². The van der Waals surface area contributed by atoms with Gasteiger partial charge in [-0.05, 0) is 23.3 Å². The predicted molar refractivity (Wildman–Crippen MR) is 128 cm³/mol. The Bertz CT molecular complexity index is 1560. The van der Waals surface area contributed by atoms with Gasteiger partial charge in [0, 0.05) is 12.6 Å². The number of hydrogen-bond donors (Lipinski definition) is 2. The molecule has 35 heavy (non-hydrogen) atoms. The zero-order valence-corrected chi connectivity index (χ0v) is 19.3. The lowest BCUT2D eigenvalue weighted by atomic mass is 9.83. The van der Waals surface area contributed by atoms with Crippen molar-refractivity contribution in [3.63, 3.8) is 0 Å². The van der Waals surface area contributed by atoms with Gasteiger partial charge in [0.1, 0.15) is 20.8 Å². The minimum absolute atomic E-state index is 0.0137. The Labute approximate surface area is 202 Å². The number of nitrogens with one attached hydrogen (secondary N) is 1. The molecule has 1 aliphatic heterocycles. The monoisotopic (exact) mass is 490 g/mol. The highest BCUT2D eigenvalue weighted by Gasteiger charge is 2.35. The Balaban J connectivity index is 1.98. The number of amides is 1. The second kappa shape index (κ2) is 9.79. The zero-order chi connectivity index (χ0) is 25.1. The molecule has 1 unspecified atom stereocenters. The molecule has 10 heteroatoms. The number of allylic oxidation sites excluding steroid dienone is 1. The largest absolute Gasteiger partial charge is 0.466 e. The Morgan fingerprint density at radius 2 is 1.91 bits per heavy atom. The van der Waals surface area contributed by atoms with E-state index in [1.54, 1.807) is 0 Å². The van der Waals surface area contributed by atoms with Crippen LogP contribution in [0.2, 0.25) is 0 Å². The first-order valence-corrected chi connectivity index (χ1v) is 11.2. The first-order chi connectivity index (χ1) is 16.8. The lowest BCUT2D eigenvalue weighted by Gasteiger charge is -2.25. The quantitative estimate of drug-likeness (QED) is 0.512. The molecule has 3 N–H and O–H groups in total. The molecule has 1 aromatic heterocycles. The fraction of sp³-hybridized carbons (Fsp3) is 0.120. The summed E-state index contributed by atoms with van der Waals surface area (Å²) in [5.74, 6) is -2.90. The maximum atomic E-state index is 13.6. The van der Waals surface area contributed by atoms with E-state index >= 15 is 0 Å². The van der Waals surface area contributed by atoms with E-state index in [9.17, 15) is 24.0 Å². The van der Waals surface area contributed by atoms with Crippen LogP contribution in [0.1, 0.15) is 17.0 Å². The summed E-state index contributed by atoms with van der Waals surface area (Å²) in [7, 11) is 1.17. The minimum Gasteiger partial charge on any atom is -0.466 e. The van der Waals surface area contributed by atoms with Crippen molar-refractivity contribution in [2.45, 2.75) is 12.5 Å². The van der Waals surface area contributed by atoms with Gasteiger partial charge < -0.3 is 15.8 Å². The summed E-state index contributed by atoms with van der Waals surface area (Å²) in [5.41, 5.74) is 6.91. The van der Waals surface area contributed by atoms with Crippen LogP contribution in [0.4, 0.5) is 4.39 Å². The highest BCUT2D eigenvalue weighted by molar-refractivity contribution is 7.07. The van der Waals surface area contributed by atoms with Crippen LogP contribution >= 0.6 is 11.3 Å². The summed E-state index contributed by atoms with van der Waals surface area (Å²) < 4.78 is 19.5. The number of nitrogens with zero attached hydrogens (tertiary/aromatic N) is 2. The summed E-state index contributed by atoms with van der Waals surface area (Å²) in [4.78, 5) is 38.4. The Kier molecular flexibility index (Phi) is 6.62. The molecule has 2 heterocycles. The van der Waals surface area contributed by atoms with Crippen LogP contribution in [0.15, 0.2) is 65.0 Å². The third-order valence-corrected chi connectivity index (χ3v) is 6.57. The third-order valence-electron chi connectivity index (χ3n) is 5.46. The van der Waals surface area contributed by atoms with Gasteiger partial charge in [-0.25, -0.2) is 9.18 Å². The molecule has 8 nitrogen and oxygen atoms in total. The van der Waals surface area contributed by atoms with E-state index in [0.29, 0.717) is 5.56 Å². The standard InChI is InChI=1S/C25H19FN4O4S/c1-34-19(31)11-18-24(33)30-22(28)17(12-27)20(15-7-9-16(26)10-8-15)21(25(30)35-18)23(32)29-13-14-5-3-2-4-6-14/h2-11,20H,13,28H2,1H3,(H,29,32)/b18-11-. The number of carbonyl (C=O) groups excluding carboxylic acids is 2. The molecule has 0 radical (unpaired) electrons. The number of halogens is 1. The van der Waals surface area contributed by atoms with Crippen LogP contribution in [-0.4, -0.2) is 23.6 Å². The summed E-state index contributed by atoms with van der Waals surface area (Å²) in [6, 6.07) is 16.5. The highest BCUT2D eigenvalue weighted by Crippen LogP contribution is 2.36. The molecule has 0 spiro atoms. The second-order valence-electron chi connectivity index (χ2n) is 7.56. The first-order valence-electron chi connectivity index (χ1n) is 10.4. The predicted octanol–water partition coefficient (Wildman–Crippen LogP) is 0.918. The van der Waals surface area contributed by atoms with Gasteiger partial charge in [-0.15, -0.1) is 11.3 Å². The maximum Gasteiger partial charge on any atom is 0.332 e. The molecule has 3 aromatic rings. The molecular formula is C25H19FN4O4S. The molecule has 0 fully saturated rings. The molecule has 1 amide bonds. The third kappa shape index (κ3) is 4.49. The lowest BCUT2D eigenvalue weighted by Crippen LogP contribution is -2.42. The number of ether oxygens (including phenoxy) is 1. The number of rotatable bonds is 5. The zero-order valence-electron chi connectivity index (χ0n) is 18.4. The average molecular weight is 491 g/mol. The van der Waals surface area contributed by atoms with Crippen LogP contribution in [-0.2, 0) is 20.9 Å². The van der Waals surface area contributed by atoms with E-state index in [1.807, 2.05) is 36.4 Å². The fourth-order valence-electron chi connectivity index (χ4n) is 3.80. The van der Waals surface area contributed by atoms with Crippen LogP contribution in [0.25, 0.3) is 17.5 Å². The van der Waals surface area contributed by atoms with Gasteiger partial charge in [0.15, 0.2) is 0 Å². The number of nitriles is 1. The van der Waals surface area contributed by atoms with Gasteiger partial charge in [0.25, 0.3) is 11.5 Å². The number of nitrogens with two attached hydrogens (primary N) is 1. The maximum absolute atomic E-state index is 13.6. The Morgan fingerprint density at radius 1 is 1.23 bits per heavy atom. The number of carbonyl (C=O) groups is 2. The topological polar surface area (TPSA) is 127 Å². The average Bonchev–Trinajstić information content (AvgIpc) is 3.19. The molecule has 0 aliphatic carbocycles. The van der Waals surface area contributed by atoms with E-state index in [1.165, 1.54) is 31.4 Å². The van der Waals surface area contributed by atoms with Crippen molar-refractivity contribution in [2.24, 2.45) is 5.73 Å². The number of thiazole rings is 1. The SMILES string of the molecule is COC(=O)/C=c1\sc2n(c1=O)C(N)=C(C#N)C(c1ccc(F)cc1)C=2C(=O)NCc1ccccc1. The van der Waals surface area contributed by atoms with E-state index in [4.69, 9.17) is 5.73 Å². The van der Waals surface area contributed by atoms with Crippen LogP contribution in [0.5, 0.6) is 0 Å². The van der Waals surface area contributed by atoms with E-state index < -0.39 is 29.2 Å². The van der Waals surface area contributed by atoms with Gasteiger partial charge in [-0.3, -0.25) is 14.2 Å². The lowest BCUT2D eigenvalue weighted by molar-refractivity contribution is -0.133. The molecule has 0 saturated carbocycles. The molecule has 1 aliphatic rings. The normalized spacial score (nSPS) is 15.4. The second-order valence-corrected chi connectivity index (χ2v) is 8.59. The first kappa shape index (κ1) is 23.7. The molecule has 176 valence electrons. The van der Waals surface area contributed by atoms with E-state index in [2.05, 4.69) is 10.1 Å².